The topological polar surface area (TPSA) is 67.6 Å². The fraction of sp³-hybridized carbons (Fsp3) is 0. The Hall–Kier alpha value is -8.02. The van der Waals surface area contributed by atoms with Crippen LogP contribution in [-0.4, -0.2) is 10.7 Å². The molecule has 0 radical (unpaired) electrons. The lowest BCUT2D eigenvalue weighted by Crippen LogP contribution is -2.06. The highest BCUT2D eigenvalue weighted by Crippen LogP contribution is 2.50. The van der Waals surface area contributed by atoms with Crippen LogP contribution in [0, 0.1) is 0 Å². The predicted octanol–water partition coefficient (Wildman–Crippen LogP) is 13.0. The smallest absolute Gasteiger partial charge is 0.339 e. The molecule has 0 fully saturated rings. The third-order valence-electron chi connectivity index (χ3n) is 10.6. The molecule has 1 aliphatic heterocycles. The maximum Gasteiger partial charge on any atom is 0.339 e. The molecule has 5 heteroatoms. The van der Waals surface area contributed by atoms with Crippen molar-refractivity contribution in [2.45, 2.75) is 0 Å². The fourth-order valence-corrected chi connectivity index (χ4v) is 7.97. The Kier molecular flexibility index (Phi) is 9.29. The molecule has 5 nitrogen and oxygen atoms in total. The maximum atomic E-state index is 13.3. The highest BCUT2D eigenvalue weighted by Gasteiger charge is 2.34. The van der Waals surface area contributed by atoms with Gasteiger partial charge in [0.25, 0.3) is 0 Å². The molecule has 0 saturated carbocycles. The number of nitrogens with one attached hydrogen (secondary N) is 1. The van der Waals surface area contributed by atoms with Crippen LogP contribution in [0.1, 0.15) is 22.4 Å². The highest BCUT2D eigenvalue weighted by molar-refractivity contribution is 6.42. The Balaban J connectivity index is 1.40. The van der Waals surface area contributed by atoms with Gasteiger partial charge >= 0.3 is 5.63 Å². The molecule has 59 heavy (non-hydrogen) atoms. The fourth-order valence-electron chi connectivity index (χ4n) is 7.97. The minimum atomic E-state index is -0.517. The van der Waals surface area contributed by atoms with Crippen molar-refractivity contribution in [2.75, 3.05) is 0 Å². The molecule has 7 aromatic carbocycles. The van der Waals surface area contributed by atoms with Gasteiger partial charge in [0.05, 0.1) is 28.6 Å². The van der Waals surface area contributed by atoms with E-state index in [1.807, 2.05) is 91.0 Å². The Bertz CT molecular complexity index is 3090. The van der Waals surface area contributed by atoms with E-state index in [-0.39, 0.29) is 0 Å². The van der Waals surface area contributed by atoms with Crippen LogP contribution in [0.15, 0.2) is 232 Å². The average Bonchev–Trinajstić information content (AvgIpc) is 3.90. The number of rotatable bonds is 9. The summed E-state index contributed by atoms with van der Waals surface area (Å²) in [7, 11) is 0. The van der Waals surface area contributed by atoms with Gasteiger partial charge in [-0.15, -0.1) is 0 Å². The van der Waals surface area contributed by atoms with Crippen molar-refractivity contribution < 1.29 is 9.15 Å². The quantitative estimate of drug-likeness (QED) is 0.118. The summed E-state index contributed by atoms with van der Waals surface area (Å²) in [6.45, 7) is 0. The van der Waals surface area contributed by atoms with E-state index >= 15 is 0 Å². The van der Waals surface area contributed by atoms with E-state index in [4.69, 9.17) is 14.1 Å². The van der Waals surface area contributed by atoms with Crippen molar-refractivity contribution >= 4 is 33.6 Å². The van der Waals surface area contributed by atoms with Crippen molar-refractivity contribution in [3.8, 4) is 39.3 Å². The summed E-state index contributed by atoms with van der Waals surface area (Å²) in [5, 5.41) is 0.656. The largest absolute Gasteiger partial charge is 0.452 e. The predicted molar refractivity (Wildman–Crippen MR) is 240 cm³/mol. The minimum absolute atomic E-state index is 0.354. The van der Waals surface area contributed by atoms with Gasteiger partial charge in [0.15, 0.2) is 5.76 Å². The SMILES string of the molecule is O=c1cc(O/C(=C2/N=C(c3ccccc3)C(c3ccccc3)=C2c2ccccc2)c2[nH]c(-c3ccccc3)c(-c3ccccc3)c2-c2ccccc2)c2ccccc2o1. The summed E-state index contributed by atoms with van der Waals surface area (Å²) in [6.07, 6.45) is 0. The standard InChI is InChI=1S/C54H36N2O3/c57-45-35-44(42-33-19-20-34-43(42)58-45)59-54(52-48(38-25-11-3-12-26-38)46(36-21-7-1-8-22-36)50(55-52)40-29-15-5-16-30-40)53-49(39-27-13-4-14-28-39)47(37-23-9-2-10-24-37)51(56-53)41-31-17-6-18-32-41/h1-35,55H/b54-53+. The average molecular weight is 761 g/mol. The number of aromatic amines is 1. The van der Waals surface area contributed by atoms with Crippen LogP contribution in [0.5, 0.6) is 5.75 Å². The number of nitrogens with zero attached hydrogens (tertiary/aromatic N) is 1. The van der Waals surface area contributed by atoms with Gasteiger partial charge < -0.3 is 14.1 Å². The summed E-state index contributed by atoms with van der Waals surface area (Å²) in [5.41, 5.74) is 12.7. The zero-order valence-corrected chi connectivity index (χ0v) is 31.9. The Morgan fingerprint density at radius 3 is 1.51 bits per heavy atom. The first-order chi connectivity index (χ1) is 29.2. The number of aliphatic imine (C=N–C) groups is 1. The first kappa shape index (κ1) is 35.4. The molecule has 280 valence electrons. The molecular formula is C54H36N2O3. The van der Waals surface area contributed by atoms with Crippen molar-refractivity contribution in [1.29, 1.82) is 0 Å². The van der Waals surface area contributed by atoms with Gasteiger partial charge in [-0.25, -0.2) is 9.79 Å². The lowest BCUT2D eigenvalue weighted by molar-refractivity contribution is 0.496. The van der Waals surface area contributed by atoms with Gasteiger partial charge in [0, 0.05) is 27.8 Å². The van der Waals surface area contributed by atoms with E-state index in [1.54, 1.807) is 6.07 Å². The van der Waals surface area contributed by atoms with Crippen LogP contribution >= 0.6 is 0 Å². The molecule has 3 heterocycles. The van der Waals surface area contributed by atoms with E-state index in [0.717, 1.165) is 67.1 Å². The summed E-state index contributed by atoms with van der Waals surface area (Å²) < 4.78 is 13.0. The van der Waals surface area contributed by atoms with E-state index in [2.05, 4.69) is 114 Å². The number of ether oxygens (including phenoxy) is 1. The number of para-hydroxylation sites is 1. The molecule has 0 spiro atoms. The van der Waals surface area contributed by atoms with Crippen molar-refractivity contribution in [3.05, 3.63) is 251 Å². The summed E-state index contributed by atoms with van der Waals surface area (Å²) in [4.78, 5) is 22.9. The molecule has 0 aliphatic carbocycles. The Morgan fingerprint density at radius 2 is 0.932 bits per heavy atom. The van der Waals surface area contributed by atoms with Crippen LogP contribution in [0.2, 0.25) is 0 Å². The van der Waals surface area contributed by atoms with Gasteiger partial charge in [-0.05, 0) is 39.9 Å². The van der Waals surface area contributed by atoms with Crippen molar-refractivity contribution in [3.63, 3.8) is 0 Å². The number of hydrogen-bond donors (Lipinski definition) is 1. The molecule has 2 aromatic heterocycles. The maximum absolute atomic E-state index is 13.3. The van der Waals surface area contributed by atoms with Crippen molar-refractivity contribution in [1.82, 2.24) is 4.98 Å². The first-order valence-corrected chi connectivity index (χ1v) is 19.6. The second-order valence-corrected chi connectivity index (χ2v) is 14.2. The second-order valence-electron chi connectivity index (χ2n) is 14.2. The third-order valence-corrected chi connectivity index (χ3v) is 10.6. The third kappa shape index (κ3) is 6.71. The van der Waals surface area contributed by atoms with E-state index in [0.29, 0.717) is 33.9 Å². The van der Waals surface area contributed by atoms with Gasteiger partial charge in [0.1, 0.15) is 17.0 Å². The van der Waals surface area contributed by atoms with Gasteiger partial charge in [-0.1, -0.05) is 194 Å². The molecule has 9 aromatic rings. The monoisotopic (exact) mass is 760 g/mol. The van der Waals surface area contributed by atoms with Crippen LogP contribution in [0.4, 0.5) is 0 Å². The lowest BCUT2D eigenvalue weighted by atomic mass is 9.88. The number of H-pyrrole nitrogens is 1. The number of fused-ring (bicyclic) bond motifs is 1. The Morgan fingerprint density at radius 1 is 0.475 bits per heavy atom. The van der Waals surface area contributed by atoms with E-state index < -0.39 is 5.63 Å². The van der Waals surface area contributed by atoms with E-state index in [1.165, 1.54) is 6.07 Å². The second kappa shape index (κ2) is 15.5. The zero-order valence-electron chi connectivity index (χ0n) is 31.9. The van der Waals surface area contributed by atoms with Gasteiger partial charge in [0.2, 0.25) is 0 Å². The minimum Gasteiger partial charge on any atom is -0.452 e. The van der Waals surface area contributed by atoms with Crippen LogP contribution in [0.25, 0.3) is 61.4 Å². The van der Waals surface area contributed by atoms with Crippen molar-refractivity contribution in [2.24, 2.45) is 4.99 Å². The summed E-state index contributed by atoms with van der Waals surface area (Å²) >= 11 is 0. The molecule has 0 amide bonds. The number of hydrogen-bond acceptors (Lipinski definition) is 4. The molecule has 0 bridgehead atoms. The normalized spacial score (nSPS) is 13.4. The highest BCUT2D eigenvalue weighted by atomic mass is 16.5. The molecule has 0 atom stereocenters. The van der Waals surface area contributed by atoms with Gasteiger partial charge in [-0.3, -0.25) is 0 Å². The molecule has 1 N–H and O–H groups in total. The molecule has 1 aliphatic rings. The lowest BCUT2D eigenvalue weighted by Gasteiger charge is -2.18. The van der Waals surface area contributed by atoms with E-state index in [9.17, 15) is 4.79 Å². The molecule has 0 saturated heterocycles. The van der Waals surface area contributed by atoms with Crippen LogP contribution < -0.4 is 10.4 Å². The van der Waals surface area contributed by atoms with Crippen LogP contribution in [-0.2, 0) is 0 Å². The zero-order chi connectivity index (χ0) is 39.5. The number of allylic oxidation sites excluding steroid dienone is 2. The summed E-state index contributed by atoms with van der Waals surface area (Å²) in [6, 6.07) is 71.0. The van der Waals surface area contributed by atoms with Crippen LogP contribution in [0.3, 0.4) is 0 Å². The Labute approximate surface area is 341 Å². The molecule has 10 rings (SSSR count). The van der Waals surface area contributed by atoms with Gasteiger partial charge in [-0.2, -0.15) is 0 Å². The number of aromatic nitrogens is 1. The molecular weight excluding hydrogens is 725 g/mol. The summed E-state index contributed by atoms with van der Waals surface area (Å²) in [5.74, 6) is 0.810. The molecule has 0 unspecified atom stereocenters. The first-order valence-electron chi connectivity index (χ1n) is 19.6. The number of benzene rings is 7.